The Morgan fingerprint density at radius 3 is 2.40 bits per heavy atom. The van der Waals surface area contributed by atoms with E-state index in [1.54, 1.807) is 24.3 Å². The molecule has 0 radical (unpaired) electrons. The van der Waals surface area contributed by atoms with Crippen molar-refractivity contribution >= 4 is 21.6 Å². The molecule has 6 nitrogen and oxygen atoms in total. The number of unbranched alkanes of at least 4 members (excludes halogenated alkanes) is 1. The first-order valence-electron chi connectivity index (χ1n) is 8.71. The summed E-state index contributed by atoms with van der Waals surface area (Å²) in [5.41, 5.74) is 0.543. The number of benzene rings is 1. The van der Waals surface area contributed by atoms with E-state index in [1.165, 1.54) is 17.8 Å². The first kappa shape index (κ1) is 21.3. The SMILES string of the molecule is CCCC[C@@H](CC)CNC(=O)COc1ccc(N(C)S(C)(=O)=O)cc1. The maximum atomic E-state index is 11.9. The summed E-state index contributed by atoms with van der Waals surface area (Å²) < 4.78 is 29.6. The van der Waals surface area contributed by atoms with Crippen LogP contribution >= 0.6 is 0 Å². The molecule has 0 saturated carbocycles. The molecule has 1 aromatic rings. The molecule has 142 valence electrons. The number of nitrogens with one attached hydrogen (secondary N) is 1. The molecule has 0 spiro atoms. The molecular weight excluding hydrogens is 340 g/mol. The minimum absolute atomic E-state index is 0.0501. The van der Waals surface area contributed by atoms with Gasteiger partial charge in [0, 0.05) is 13.6 Å². The molecule has 0 fully saturated rings. The first-order chi connectivity index (χ1) is 11.8. The van der Waals surface area contributed by atoms with Crippen LogP contribution in [-0.4, -0.2) is 40.8 Å². The lowest BCUT2D eigenvalue weighted by molar-refractivity contribution is -0.123. The monoisotopic (exact) mass is 370 g/mol. The lowest BCUT2D eigenvalue weighted by Crippen LogP contribution is -2.33. The van der Waals surface area contributed by atoms with Crippen molar-refractivity contribution in [2.24, 2.45) is 5.92 Å². The lowest BCUT2D eigenvalue weighted by atomic mass is 9.99. The molecule has 25 heavy (non-hydrogen) atoms. The first-order valence-corrected chi connectivity index (χ1v) is 10.6. The molecule has 7 heteroatoms. The van der Waals surface area contributed by atoms with Gasteiger partial charge in [-0.25, -0.2) is 8.42 Å². The van der Waals surface area contributed by atoms with Crippen molar-refractivity contribution in [1.82, 2.24) is 5.32 Å². The molecule has 0 bridgehead atoms. The Balaban J connectivity index is 2.43. The van der Waals surface area contributed by atoms with E-state index in [0.29, 0.717) is 23.9 Å². The highest BCUT2D eigenvalue weighted by atomic mass is 32.2. The minimum atomic E-state index is -3.29. The van der Waals surface area contributed by atoms with Gasteiger partial charge in [-0.3, -0.25) is 9.10 Å². The third-order valence-electron chi connectivity index (χ3n) is 4.20. The summed E-state index contributed by atoms with van der Waals surface area (Å²) in [5, 5.41) is 2.91. The van der Waals surface area contributed by atoms with Gasteiger partial charge >= 0.3 is 0 Å². The van der Waals surface area contributed by atoms with Crippen LogP contribution in [0.3, 0.4) is 0 Å². The molecule has 1 atom stereocenters. The molecule has 1 aromatic carbocycles. The van der Waals surface area contributed by atoms with Crippen LogP contribution in [0.2, 0.25) is 0 Å². The molecule has 0 aromatic heterocycles. The number of hydrogen-bond acceptors (Lipinski definition) is 4. The number of hydrogen-bond donors (Lipinski definition) is 1. The van der Waals surface area contributed by atoms with E-state index < -0.39 is 10.0 Å². The van der Waals surface area contributed by atoms with E-state index in [-0.39, 0.29) is 12.5 Å². The topological polar surface area (TPSA) is 75.7 Å². The fourth-order valence-corrected chi connectivity index (χ4v) is 2.85. The van der Waals surface area contributed by atoms with E-state index in [4.69, 9.17) is 4.74 Å². The van der Waals surface area contributed by atoms with Crippen molar-refractivity contribution in [2.45, 2.75) is 39.5 Å². The summed E-state index contributed by atoms with van der Waals surface area (Å²) in [6, 6.07) is 6.60. The van der Waals surface area contributed by atoms with Gasteiger partial charge in [0.25, 0.3) is 5.91 Å². The zero-order chi connectivity index (χ0) is 18.9. The maximum Gasteiger partial charge on any atom is 0.257 e. The zero-order valence-corrected chi connectivity index (χ0v) is 16.4. The standard InChI is InChI=1S/C18H30N2O4S/c1-5-7-8-15(6-2)13-19-18(21)14-24-17-11-9-16(10-12-17)20(3)25(4,22)23/h9-12,15H,5-8,13-14H2,1-4H3,(H,19,21)/t15-/m1/s1. The van der Waals surface area contributed by atoms with Gasteiger partial charge in [0.2, 0.25) is 10.0 Å². The molecule has 1 rings (SSSR count). The molecule has 0 aliphatic carbocycles. The molecule has 0 heterocycles. The summed E-state index contributed by atoms with van der Waals surface area (Å²) in [4.78, 5) is 11.9. The summed E-state index contributed by atoms with van der Waals surface area (Å²) >= 11 is 0. The van der Waals surface area contributed by atoms with Gasteiger partial charge in [0.05, 0.1) is 11.9 Å². The fraction of sp³-hybridized carbons (Fsp3) is 0.611. The quantitative estimate of drug-likeness (QED) is 0.650. The Hall–Kier alpha value is -1.76. The Bertz CT molecular complexity index is 629. The van der Waals surface area contributed by atoms with Crippen molar-refractivity contribution < 1.29 is 17.9 Å². The highest BCUT2D eigenvalue weighted by Gasteiger charge is 2.12. The molecular formula is C18H30N2O4S. The Morgan fingerprint density at radius 1 is 1.24 bits per heavy atom. The molecule has 0 aliphatic heterocycles. The third-order valence-corrected chi connectivity index (χ3v) is 5.40. The second kappa shape index (κ2) is 10.3. The summed E-state index contributed by atoms with van der Waals surface area (Å²) in [6.07, 6.45) is 5.67. The summed E-state index contributed by atoms with van der Waals surface area (Å²) in [7, 11) is -1.80. The van der Waals surface area contributed by atoms with Crippen LogP contribution in [0, 0.1) is 5.92 Å². The Labute approximate surface area is 151 Å². The average Bonchev–Trinajstić information content (AvgIpc) is 2.59. The predicted octanol–water partition coefficient (Wildman–Crippen LogP) is 2.79. The van der Waals surface area contributed by atoms with Gasteiger partial charge in [0.15, 0.2) is 6.61 Å². The van der Waals surface area contributed by atoms with Crippen LogP contribution in [-0.2, 0) is 14.8 Å². The number of carbonyl (C=O) groups is 1. The maximum absolute atomic E-state index is 11.9. The van der Waals surface area contributed by atoms with Crippen molar-refractivity contribution in [3.8, 4) is 5.75 Å². The Kier molecular flexibility index (Phi) is 8.75. The van der Waals surface area contributed by atoms with Crippen LogP contribution in [0.15, 0.2) is 24.3 Å². The average molecular weight is 371 g/mol. The lowest BCUT2D eigenvalue weighted by Gasteiger charge is -2.17. The van der Waals surface area contributed by atoms with E-state index in [1.807, 2.05) is 0 Å². The summed E-state index contributed by atoms with van der Waals surface area (Å²) in [6.45, 7) is 4.93. The minimum Gasteiger partial charge on any atom is -0.484 e. The number of ether oxygens (including phenoxy) is 1. The molecule has 1 N–H and O–H groups in total. The molecule has 0 unspecified atom stereocenters. The van der Waals surface area contributed by atoms with Crippen LogP contribution in [0.5, 0.6) is 5.75 Å². The normalized spacial score (nSPS) is 12.5. The van der Waals surface area contributed by atoms with Crippen molar-refractivity contribution in [1.29, 1.82) is 0 Å². The number of rotatable bonds is 11. The number of sulfonamides is 1. The van der Waals surface area contributed by atoms with Gasteiger partial charge in [-0.2, -0.15) is 0 Å². The highest BCUT2D eigenvalue weighted by molar-refractivity contribution is 7.92. The van der Waals surface area contributed by atoms with Gasteiger partial charge in [-0.15, -0.1) is 0 Å². The van der Waals surface area contributed by atoms with Crippen molar-refractivity contribution in [3.05, 3.63) is 24.3 Å². The predicted molar refractivity (Wildman–Crippen MR) is 101 cm³/mol. The number of anilines is 1. The van der Waals surface area contributed by atoms with E-state index >= 15 is 0 Å². The highest BCUT2D eigenvalue weighted by Crippen LogP contribution is 2.20. The largest absolute Gasteiger partial charge is 0.484 e. The van der Waals surface area contributed by atoms with Gasteiger partial charge in [0.1, 0.15) is 5.75 Å². The van der Waals surface area contributed by atoms with Crippen LogP contribution in [0.25, 0.3) is 0 Å². The van der Waals surface area contributed by atoms with Crippen molar-refractivity contribution in [2.75, 3.05) is 30.8 Å². The van der Waals surface area contributed by atoms with E-state index in [0.717, 1.165) is 25.5 Å². The number of amides is 1. The van der Waals surface area contributed by atoms with Crippen LogP contribution in [0.4, 0.5) is 5.69 Å². The van der Waals surface area contributed by atoms with Crippen molar-refractivity contribution in [3.63, 3.8) is 0 Å². The van der Waals surface area contributed by atoms with Crippen LogP contribution < -0.4 is 14.4 Å². The van der Waals surface area contributed by atoms with Gasteiger partial charge in [-0.05, 0) is 36.6 Å². The zero-order valence-electron chi connectivity index (χ0n) is 15.6. The number of nitrogens with zero attached hydrogens (tertiary/aromatic N) is 1. The fourth-order valence-electron chi connectivity index (χ4n) is 2.35. The van der Waals surface area contributed by atoms with Gasteiger partial charge in [-0.1, -0.05) is 33.1 Å². The number of carbonyl (C=O) groups excluding carboxylic acids is 1. The van der Waals surface area contributed by atoms with Crippen LogP contribution in [0.1, 0.15) is 39.5 Å². The molecule has 0 aliphatic rings. The third kappa shape index (κ3) is 7.77. The second-order valence-corrected chi connectivity index (χ2v) is 8.25. The summed E-state index contributed by atoms with van der Waals surface area (Å²) in [5.74, 6) is 0.890. The van der Waals surface area contributed by atoms with E-state index in [2.05, 4.69) is 19.2 Å². The Morgan fingerprint density at radius 2 is 1.88 bits per heavy atom. The second-order valence-electron chi connectivity index (χ2n) is 6.23. The molecule has 0 saturated heterocycles. The molecule has 1 amide bonds. The van der Waals surface area contributed by atoms with E-state index in [9.17, 15) is 13.2 Å². The smallest absolute Gasteiger partial charge is 0.257 e. The van der Waals surface area contributed by atoms with Gasteiger partial charge < -0.3 is 10.1 Å².